The topological polar surface area (TPSA) is 12.9 Å². The molecule has 0 atom stereocenters. The number of hydrogen-bond acceptors (Lipinski definition) is 1. The van der Waals surface area contributed by atoms with Crippen LogP contribution >= 0.6 is 0 Å². The largest absolute Gasteiger partial charge is 0.264 e. The van der Waals surface area contributed by atoms with Gasteiger partial charge in [0, 0.05) is 17.8 Å². The Morgan fingerprint density at radius 3 is 2.69 bits per heavy atom. The minimum atomic E-state index is 1.19. The molecular weight excluding hydrogens is 194 g/mol. The van der Waals surface area contributed by atoms with Crippen LogP contribution in [0.2, 0.25) is 0 Å². The number of fused-ring (bicyclic) bond motifs is 1. The summed E-state index contributed by atoms with van der Waals surface area (Å²) in [5.74, 6) is 0. The molecule has 0 saturated heterocycles. The molecule has 1 aromatic heterocycles. The summed E-state index contributed by atoms with van der Waals surface area (Å²) in [4.78, 5) is 4.19. The van der Waals surface area contributed by atoms with Crippen LogP contribution in [0, 0.1) is 6.07 Å². The molecule has 0 amide bonds. The summed E-state index contributed by atoms with van der Waals surface area (Å²) < 4.78 is 0. The van der Waals surface area contributed by atoms with Crippen LogP contribution in [0.4, 0.5) is 0 Å². The number of hydrogen-bond donors (Lipinski definition) is 0. The van der Waals surface area contributed by atoms with E-state index in [2.05, 4.69) is 41.4 Å². The van der Waals surface area contributed by atoms with Crippen molar-refractivity contribution in [3.05, 3.63) is 67.0 Å². The van der Waals surface area contributed by atoms with Crippen LogP contribution in [-0.4, -0.2) is 4.98 Å². The van der Waals surface area contributed by atoms with E-state index in [9.17, 15) is 0 Å². The van der Waals surface area contributed by atoms with Crippen molar-refractivity contribution >= 4 is 10.8 Å². The molecule has 3 rings (SSSR count). The highest BCUT2D eigenvalue weighted by Gasteiger charge is 2.01. The minimum Gasteiger partial charge on any atom is -0.264 e. The molecule has 2 aromatic carbocycles. The predicted octanol–water partition coefficient (Wildman–Crippen LogP) is 3.70. The van der Waals surface area contributed by atoms with Crippen LogP contribution < -0.4 is 0 Å². The standard InChI is InChI=1S/C15H10N/c1-2-5-12(6-3-1)14-8-4-7-13-9-10-16-11-15(13)14/h2-11H. The van der Waals surface area contributed by atoms with Crippen LogP contribution in [-0.2, 0) is 0 Å². The Hall–Kier alpha value is -2.15. The number of benzene rings is 2. The van der Waals surface area contributed by atoms with Crippen molar-refractivity contribution < 1.29 is 0 Å². The molecule has 0 unspecified atom stereocenters. The SMILES string of the molecule is [c]1ccc(-c2cccc3ccncc23)cc1. The zero-order chi connectivity index (χ0) is 10.8. The highest BCUT2D eigenvalue weighted by molar-refractivity contribution is 5.95. The third kappa shape index (κ3) is 1.47. The fourth-order valence-electron chi connectivity index (χ4n) is 1.93. The van der Waals surface area contributed by atoms with Crippen LogP contribution in [0.5, 0.6) is 0 Å². The molecule has 0 N–H and O–H groups in total. The van der Waals surface area contributed by atoms with Crippen LogP contribution in [0.15, 0.2) is 60.9 Å². The number of aromatic nitrogens is 1. The van der Waals surface area contributed by atoms with Gasteiger partial charge in [-0.1, -0.05) is 42.5 Å². The van der Waals surface area contributed by atoms with Gasteiger partial charge in [0.1, 0.15) is 0 Å². The van der Waals surface area contributed by atoms with Crippen molar-refractivity contribution in [3.8, 4) is 11.1 Å². The van der Waals surface area contributed by atoms with Gasteiger partial charge in [-0.25, -0.2) is 0 Å². The van der Waals surface area contributed by atoms with Gasteiger partial charge in [0.25, 0.3) is 0 Å². The van der Waals surface area contributed by atoms with Crippen molar-refractivity contribution in [2.75, 3.05) is 0 Å². The second kappa shape index (κ2) is 3.78. The highest BCUT2D eigenvalue weighted by Crippen LogP contribution is 2.27. The van der Waals surface area contributed by atoms with E-state index in [0.29, 0.717) is 0 Å². The Morgan fingerprint density at radius 1 is 0.938 bits per heavy atom. The Labute approximate surface area is 94.4 Å². The van der Waals surface area contributed by atoms with Gasteiger partial charge in [-0.15, -0.1) is 0 Å². The first kappa shape index (κ1) is 9.10. The van der Waals surface area contributed by atoms with E-state index >= 15 is 0 Å². The van der Waals surface area contributed by atoms with E-state index < -0.39 is 0 Å². The molecule has 0 spiro atoms. The maximum absolute atomic E-state index is 4.19. The lowest BCUT2D eigenvalue weighted by Gasteiger charge is -2.05. The van der Waals surface area contributed by atoms with Crippen LogP contribution in [0.1, 0.15) is 0 Å². The predicted molar refractivity (Wildman–Crippen MR) is 66.0 cm³/mol. The van der Waals surface area contributed by atoms with Crippen molar-refractivity contribution in [2.24, 2.45) is 0 Å². The van der Waals surface area contributed by atoms with Crippen LogP contribution in [0.3, 0.4) is 0 Å². The Balaban J connectivity index is 2.32. The smallest absolute Gasteiger partial charge is 0.0352 e. The first-order chi connectivity index (χ1) is 7.95. The van der Waals surface area contributed by atoms with E-state index in [1.165, 1.54) is 21.9 Å². The third-order valence-electron chi connectivity index (χ3n) is 2.71. The Kier molecular flexibility index (Phi) is 2.15. The van der Waals surface area contributed by atoms with Gasteiger partial charge in [0.05, 0.1) is 0 Å². The average molecular weight is 204 g/mol. The summed E-state index contributed by atoms with van der Waals surface area (Å²) >= 11 is 0. The number of pyridine rings is 1. The second-order valence-electron chi connectivity index (χ2n) is 3.69. The Morgan fingerprint density at radius 2 is 1.81 bits per heavy atom. The van der Waals surface area contributed by atoms with Crippen molar-refractivity contribution in [3.63, 3.8) is 0 Å². The third-order valence-corrected chi connectivity index (χ3v) is 2.71. The molecule has 0 fully saturated rings. The minimum absolute atomic E-state index is 1.19. The van der Waals surface area contributed by atoms with Gasteiger partial charge < -0.3 is 0 Å². The molecule has 1 heteroatoms. The monoisotopic (exact) mass is 204 g/mol. The van der Waals surface area contributed by atoms with Crippen molar-refractivity contribution in [1.29, 1.82) is 0 Å². The first-order valence-electron chi connectivity index (χ1n) is 5.24. The fraction of sp³-hybridized carbons (Fsp3) is 0. The van der Waals surface area contributed by atoms with Crippen molar-refractivity contribution in [2.45, 2.75) is 0 Å². The summed E-state index contributed by atoms with van der Waals surface area (Å²) in [5, 5.41) is 2.41. The maximum Gasteiger partial charge on any atom is 0.0352 e. The van der Waals surface area contributed by atoms with E-state index in [1.807, 2.05) is 30.6 Å². The number of nitrogens with zero attached hydrogens (tertiary/aromatic N) is 1. The van der Waals surface area contributed by atoms with E-state index in [4.69, 9.17) is 0 Å². The lowest BCUT2D eigenvalue weighted by atomic mass is 10.00. The molecular formula is C15H10N. The lowest BCUT2D eigenvalue weighted by Crippen LogP contribution is -1.81. The highest BCUT2D eigenvalue weighted by atomic mass is 14.6. The van der Waals surface area contributed by atoms with E-state index in [-0.39, 0.29) is 0 Å². The molecule has 0 saturated carbocycles. The average Bonchev–Trinajstić information content (AvgIpc) is 2.39. The summed E-state index contributed by atoms with van der Waals surface area (Å²) in [6.45, 7) is 0. The van der Waals surface area contributed by atoms with Gasteiger partial charge >= 0.3 is 0 Å². The molecule has 16 heavy (non-hydrogen) atoms. The molecule has 0 aliphatic heterocycles. The van der Waals surface area contributed by atoms with Crippen LogP contribution in [0.25, 0.3) is 21.9 Å². The summed E-state index contributed by atoms with van der Waals surface area (Å²) in [6, 6.07) is 19.4. The number of rotatable bonds is 1. The maximum atomic E-state index is 4.19. The normalized spacial score (nSPS) is 10.5. The lowest BCUT2D eigenvalue weighted by molar-refractivity contribution is 1.36. The van der Waals surface area contributed by atoms with Gasteiger partial charge in [-0.3, -0.25) is 4.98 Å². The molecule has 1 radical (unpaired) electrons. The molecule has 1 heterocycles. The molecule has 0 bridgehead atoms. The van der Waals surface area contributed by atoms with E-state index in [0.717, 1.165) is 0 Å². The van der Waals surface area contributed by atoms with Gasteiger partial charge in [-0.2, -0.15) is 0 Å². The van der Waals surface area contributed by atoms with Gasteiger partial charge in [0.15, 0.2) is 0 Å². The molecule has 0 aliphatic carbocycles. The summed E-state index contributed by atoms with van der Waals surface area (Å²) in [5.41, 5.74) is 2.43. The summed E-state index contributed by atoms with van der Waals surface area (Å²) in [7, 11) is 0. The van der Waals surface area contributed by atoms with E-state index in [1.54, 1.807) is 0 Å². The van der Waals surface area contributed by atoms with Gasteiger partial charge in [0.2, 0.25) is 0 Å². The molecule has 0 aliphatic rings. The molecule has 75 valence electrons. The summed E-state index contributed by atoms with van der Waals surface area (Å²) in [6.07, 6.45) is 3.74. The zero-order valence-electron chi connectivity index (χ0n) is 8.72. The Bertz CT molecular complexity index is 609. The quantitative estimate of drug-likeness (QED) is 0.589. The van der Waals surface area contributed by atoms with Gasteiger partial charge in [-0.05, 0) is 28.6 Å². The fourth-order valence-corrected chi connectivity index (χ4v) is 1.93. The van der Waals surface area contributed by atoms with Crippen molar-refractivity contribution in [1.82, 2.24) is 4.98 Å². The first-order valence-corrected chi connectivity index (χ1v) is 5.24. The molecule has 1 nitrogen and oxygen atoms in total. The second-order valence-corrected chi connectivity index (χ2v) is 3.69. The zero-order valence-corrected chi connectivity index (χ0v) is 8.72. The molecule has 3 aromatic rings.